The fraction of sp³-hybridized carbons (Fsp3) is 0.136. The quantitative estimate of drug-likeness (QED) is 0.295. The summed E-state index contributed by atoms with van der Waals surface area (Å²) in [6, 6.07) is 14.8. The van der Waals surface area contributed by atoms with Gasteiger partial charge in [-0.2, -0.15) is 9.97 Å². The molecule has 0 bridgehead atoms. The number of nitrogens with one attached hydrogen (secondary N) is 3. The number of benzene rings is 2. The molecule has 4 rings (SSSR count). The predicted molar refractivity (Wildman–Crippen MR) is 117 cm³/mol. The molecule has 0 radical (unpaired) electrons. The first-order chi connectivity index (χ1) is 15.6. The third-order valence-electron chi connectivity index (χ3n) is 4.73. The number of nitrogens with two attached hydrogens (primary N) is 1. The van der Waals surface area contributed by atoms with Crippen molar-refractivity contribution in [3.63, 3.8) is 0 Å². The van der Waals surface area contributed by atoms with Crippen molar-refractivity contribution in [2.45, 2.75) is 19.7 Å². The first kappa shape index (κ1) is 20.8. The molecule has 10 heteroatoms. The number of rotatable bonds is 9. The molecule has 2 aromatic carbocycles. The number of fused-ring (bicyclic) bond motifs is 1. The van der Waals surface area contributed by atoms with E-state index < -0.39 is 0 Å². The topological polar surface area (TPSA) is 148 Å². The molecule has 2 heterocycles. The number of hydrogen-bond acceptors (Lipinski definition) is 7. The summed E-state index contributed by atoms with van der Waals surface area (Å²) in [5.74, 6) is 0.268. The van der Waals surface area contributed by atoms with Gasteiger partial charge in [0.2, 0.25) is 18.2 Å². The molecular formula is C22H21N7O3. The van der Waals surface area contributed by atoms with E-state index in [0.29, 0.717) is 48.7 Å². The Morgan fingerprint density at radius 3 is 2.44 bits per heavy atom. The summed E-state index contributed by atoms with van der Waals surface area (Å²) in [5, 5.41) is 5.48. The number of H-pyrrole nitrogens is 1. The number of carbonyl (C=O) groups excluding carboxylic acids is 2. The van der Waals surface area contributed by atoms with Crippen LogP contribution in [0.1, 0.15) is 27.0 Å². The van der Waals surface area contributed by atoms with Crippen LogP contribution < -0.4 is 21.1 Å². The van der Waals surface area contributed by atoms with E-state index in [0.717, 1.165) is 16.7 Å². The minimum Gasteiger partial charge on any atom is -0.471 e. The Morgan fingerprint density at radius 2 is 1.69 bits per heavy atom. The Morgan fingerprint density at radius 1 is 1.00 bits per heavy atom. The van der Waals surface area contributed by atoms with Crippen molar-refractivity contribution in [1.82, 2.24) is 30.6 Å². The summed E-state index contributed by atoms with van der Waals surface area (Å²) in [6.45, 7) is 1.12. The van der Waals surface area contributed by atoms with Crippen molar-refractivity contribution < 1.29 is 14.3 Å². The van der Waals surface area contributed by atoms with Crippen LogP contribution >= 0.6 is 0 Å². The lowest BCUT2D eigenvalue weighted by atomic mass is 10.1. The van der Waals surface area contributed by atoms with Crippen molar-refractivity contribution in [2.75, 3.05) is 5.73 Å². The Hall–Kier alpha value is -4.47. The molecule has 2 amide bonds. The average molecular weight is 431 g/mol. The largest absolute Gasteiger partial charge is 0.471 e. The third kappa shape index (κ3) is 4.98. The van der Waals surface area contributed by atoms with Gasteiger partial charge in [-0.05, 0) is 28.8 Å². The Labute approximate surface area is 183 Å². The highest BCUT2D eigenvalue weighted by atomic mass is 16.5. The van der Waals surface area contributed by atoms with Gasteiger partial charge in [-0.1, -0.05) is 36.4 Å². The van der Waals surface area contributed by atoms with E-state index in [4.69, 9.17) is 10.5 Å². The third-order valence-corrected chi connectivity index (χ3v) is 4.73. The number of imidazole rings is 1. The summed E-state index contributed by atoms with van der Waals surface area (Å²) in [6.07, 6.45) is 2.15. The van der Waals surface area contributed by atoms with Crippen LogP contribution in [0.2, 0.25) is 0 Å². The molecule has 2 aromatic heterocycles. The highest BCUT2D eigenvalue weighted by Crippen LogP contribution is 2.20. The molecule has 0 aliphatic carbocycles. The van der Waals surface area contributed by atoms with Crippen LogP contribution in [-0.4, -0.2) is 32.3 Å². The van der Waals surface area contributed by atoms with E-state index in [2.05, 4.69) is 30.6 Å². The van der Waals surface area contributed by atoms with Gasteiger partial charge in [0, 0.05) is 18.7 Å². The Kier molecular flexibility index (Phi) is 6.21. The van der Waals surface area contributed by atoms with Crippen LogP contribution in [0.5, 0.6) is 5.88 Å². The van der Waals surface area contributed by atoms with Crippen LogP contribution in [0.3, 0.4) is 0 Å². The molecule has 4 aromatic rings. The fourth-order valence-corrected chi connectivity index (χ4v) is 3.05. The molecule has 0 fully saturated rings. The SMILES string of the molecule is Nc1nc(OCc2ccc(CNC(=O)c3ccc(CNC=O)cc3)cc2)c2[nH]cnc2n1. The van der Waals surface area contributed by atoms with E-state index in [9.17, 15) is 9.59 Å². The normalized spacial score (nSPS) is 10.6. The van der Waals surface area contributed by atoms with Gasteiger partial charge in [0.25, 0.3) is 5.91 Å². The molecule has 10 nitrogen and oxygen atoms in total. The second kappa shape index (κ2) is 9.56. The molecule has 5 N–H and O–H groups in total. The van der Waals surface area contributed by atoms with Gasteiger partial charge in [-0.15, -0.1) is 0 Å². The number of hydrogen-bond donors (Lipinski definition) is 4. The van der Waals surface area contributed by atoms with Gasteiger partial charge in [0.15, 0.2) is 5.65 Å². The van der Waals surface area contributed by atoms with Crippen molar-refractivity contribution in [3.05, 3.63) is 77.1 Å². The highest BCUT2D eigenvalue weighted by molar-refractivity contribution is 5.94. The van der Waals surface area contributed by atoms with Gasteiger partial charge in [0.05, 0.1) is 6.33 Å². The van der Waals surface area contributed by atoms with Gasteiger partial charge < -0.3 is 26.1 Å². The fourth-order valence-electron chi connectivity index (χ4n) is 3.05. The van der Waals surface area contributed by atoms with Crippen LogP contribution in [0.15, 0.2) is 54.9 Å². The van der Waals surface area contributed by atoms with E-state index in [1.807, 2.05) is 36.4 Å². The van der Waals surface area contributed by atoms with Crippen LogP contribution in [-0.2, 0) is 24.5 Å². The summed E-state index contributed by atoms with van der Waals surface area (Å²) in [7, 11) is 0. The van der Waals surface area contributed by atoms with E-state index in [1.165, 1.54) is 6.33 Å². The molecule has 0 spiro atoms. The zero-order valence-corrected chi connectivity index (χ0v) is 17.0. The summed E-state index contributed by atoms with van der Waals surface area (Å²) < 4.78 is 5.78. The maximum Gasteiger partial charge on any atom is 0.251 e. The number of nitrogens with zero attached hydrogens (tertiary/aromatic N) is 3. The molecule has 0 saturated carbocycles. The minimum absolute atomic E-state index is 0.0953. The summed E-state index contributed by atoms with van der Waals surface area (Å²) >= 11 is 0. The molecular weight excluding hydrogens is 410 g/mol. The average Bonchev–Trinajstić information content (AvgIpc) is 3.29. The van der Waals surface area contributed by atoms with E-state index in [-0.39, 0.29) is 11.9 Å². The highest BCUT2D eigenvalue weighted by Gasteiger charge is 2.10. The number of amides is 2. The first-order valence-corrected chi connectivity index (χ1v) is 9.84. The standard InChI is InChI=1S/C22H21N7O3/c23-22-28-19-18(26-12-27-19)21(29-22)32-11-16-3-1-15(2-4-16)10-25-20(31)17-7-5-14(6-8-17)9-24-13-30/h1-8,12-13H,9-11H2,(H,24,30)(H,25,31)(H3,23,26,27,28,29). The zero-order chi connectivity index (χ0) is 22.3. The van der Waals surface area contributed by atoms with E-state index >= 15 is 0 Å². The predicted octanol–water partition coefficient (Wildman–Crippen LogP) is 1.69. The smallest absolute Gasteiger partial charge is 0.251 e. The number of nitrogen functional groups attached to an aromatic ring is 1. The lowest BCUT2D eigenvalue weighted by Crippen LogP contribution is -2.22. The van der Waals surface area contributed by atoms with Gasteiger partial charge in [0.1, 0.15) is 12.1 Å². The monoisotopic (exact) mass is 431 g/mol. The molecule has 0 saturated heterocycles. The molecule has 0 aliphatic heterocycles. The maximum absolute atomic E-state index is 12.3. The number of carbonyl (C=O) groups is 2. The lowest BCUT2D eigenvalue weighted by molar-refractivity contribution is -0.109. The molecule has 0 atom stereocenters. The van der Waals surface area contributed by atoms with Crippen LogP contribution in [0, 0.1) is 0 Å². The van der Waals surface area contributed by atoms with Gasteiger partial charge in [-0.25, -0.2) is 4.98 Å². The van der Waals surface area contributed by atoms with Crippen molar-refractivity contribution >= 4 is 29.4 Å². The lowest BCUT2D eigenvalue weighted by Gasteiger charge is -2.09. The van der Waals surface area contributed by atoms with Crippen LogP contribution in [0.25, 0.3) is 11.2 Å². The maximum atomic E-state index is 12.3. The molecule has 0 unspecified atom stereocenters. The number of aromatic nitrogens is 4. The van der Waals surface area contributed by atoms with Crippen molar-refractivity contribution in [3.8, 4) is 5.88 Å². The van der Waals surface area contributed by atoms with Crippen LogP contribution in [0.4, 0.5) is 5.95 Å². The first-order valence-electron chi connectivity index (χ1n) is 9.84. The second-order valence-corrected chi connectivity index (χ2v) is 6.97. The van der Waals surface area contributed by atoms with Crippen molar-refractivity contribution in [2.24, 2.45) is 0 Å². The van der Waals surface area contributed by atoms with Gasteiger partial charge >= 0.3 is 0 Å². The molecule has 32 heavy (non-hydrogen) atoms. The Bertz CT molecular complexity index is 1220. The number of ether oxygens (including phenoxy) is 1. The molecule has 162 valence electrons. The zero-order valence-electron chi connectivity index (χ0n) is 17.0. The number of aromatic amines is 1. The molecule has 0 aliphatic rings. The van der Waals surface area contributed by atoms with Crippen molar-refractivity contribution in [1.29, 1.82) is 0 Å². The summed E-state index contributed by atoms with van der Waals surface area (Å²) in [5.41, 5.74) is 10.1. The van der Waals surface area contributed by atoms with Gasteiger partial charge in [-0.3, -0.25) is 9.59 Å². The minimum atomic E-state index is -0.169. The second-order valence-electron chi connectivity index (χ2n) is 6.97. The Balaban J connectivity index is 1.30. The van der Waals surface area contributed by atoms with E-state index in [1.54, 1.807) is 12.1 Å². The summed E-state index contributed by atoms with van der Waals surface area (Å²) in [4.78, 5) is 37.8. The number of anilines is 1.